The van der Waals surface area contributed by atoms with Crippen LogP contribution in [0.15, 0.2) is 59.5 Å². The highest BCUT2D eigenvalue weighted by Gasteiger charge is 2.33. The third kappa shape index (κ3) is 6.39. The Labute approximate surface area is 193 Å². The van der Waals surface area contributed by atoms with E-state index in [0.717, 1.165) is 0 Å². The Hall–Kier alpha value is -3.24. The number of anilines is 2. The number of hydrogen-bond donors (Lipinski definition) is 2. The van der Waals surface area contributed by atoms with E-state index < -0.39 is 33.9 Å². The monoisotopic (exact) mass is 473 g/mol. The molecule has 0 unspecified atom stereocenters. The Bertz CT molecular complexity index is 1090. The van der Waals surface area contributed by atoms with Gasteiger partial charge in [-0.1, -0.05) is 18.2 Å². The predicted octanol–water partition coefficient (Wildman–Crippen LogP) is 2.62. The van der Waals surface area contributed by atoms with Gasteiger partial charge < -0.3 is 15.4 Å². The maximum atomic E-state index is 12.7. The first-order valence-corrected chi connectivity index (χ1v) is 12.0. The summed E-state index contributed by atoms with van der Waals surface area (Å²) in [5, 5.41) is 5.29. The number of sulfonamides is 1. The molecule has 1 aliphatic rings. The maximum Gasteiger partial charge on any atom is 0.309 e. The average Bonchev–Trinajstić information content (AvgIpc) is 2.80. The molecule has 1 aliphatic heterocycles. The van der Waals surface area contributed by atoms with E-state index in [-0.39, 0.29) is 23.9 Å². The lowest BCUT2D eigenvalue weighted by Gasteiger charge is -2.30. The predicted molar refractivity (Wildman–Crippen MR) is 123 cm³/mol. The number of ether oxygens (including phenoxy) is 1. The van der Waals surface area contributed by atoms with E-state index in [1.165, 1.54) is 18.2 Å². The van der Waals surface area contributed by atoms with E-state index in [0.29, 0.717) is 24.2 Å². The summed E-state index contributed by atoms with van der Waals surface area (Å²) < 4.78 is 32.1. The topological polar surface area (TPSA) is 122 Å². The molecule has 176 valence electrons. The fourth-order valence-corrected chi connectivity index (χ4v) is 4.97. The molecule has 2 aromatic rings. The molecule has 1 saturated heterocycles. The van der Waals surface area contributed by atoms with Crippen LogP contribution in [0.2, 0.25) is 0 Å². The highest BCUT2D eigenvalue weighted by molar-refractivity contribution is 7.89. The summed E-state index contributed by atoms with van der Waals surface area (Å²) in [4.78, 5) is 36.2. The minimum Gasteiger partial charge on any atom is -0.452 e. The van der Waals surface area contributed by atoms with Crippen LogP contribution in [0.1, 0.15) is 26.7 Å². The second kappa shape index (κ2) is 10.6. The lowest BCUT2D eigenvalue weighted by molar-refractivity contribution is -0.158. The minimum absolute atomic E-state index is 0.198. The summed E-state index contributed by atoms with van der Waals surface area (Å²) in [6.45, 7) is 3.29. The van der Waals surface area contributed by atoms with E-state index in [4.69, 9.17) is 4.74 Å². The molecular weight excluding hydrogens is 446 g/mol. The molecule has 0 aromatic heterocycles. The van der Waals surface area contributed by atoms with Gasteiger partial charge in [0.05, 0.1) is 10.8 Å². The Balaban J connectivity index is 1.49. The van der Waals surface area contributed by atoms with Crippen molar-refractivity contribution in [3.05, 3.63) is 54.6 Å². The van der Waals surface area contributed by atoms with Crippen LogP contribution < -0.4 is 10.6 Å². The molecule has 1 heterocycles. The van der Waals surface area contributed by atoms with E-state index in [2.05, 4.69) is 10.6 Å². The molecule has 10 heteroatoms. The van der Waals surface area contributed by atoms with E-state index >= 15 is 0 Å². The summed E-state index contributed by atoms with van der Waals surface area (Å²) in [7, 11) is -3.60. The third-order valence-electron chi connectivity index (χ3n) is 5.30. The van der Waals surface area contributed by atoms with Gasteiger partial charge in [0.15, 0.2) is 6.10 Å². The minimum atomic E-state index is -3.60. The molecule has 1 fully saturated rings. The van der Waals surface area contributed by atoms with Gasteiger partial charge in [-0.15, -0.1) is 0 Å². The van der Waals surface area contributed by atoms with Crippen LogP contribution in [0.5, 0.6) is 0 Å². The highest BCUT2D eigenvalue weighted by atomic mass is 32.2. The van der Waals surface area contributed by atoms with E-state index in [1.807, 2.05) is 0 Å². The summed E-state index contributed by atoms with van der Waals surface area (Å²) in [5.74, 6) is -1.68. The SMILES string of the molecule is CC(=O)Nc1ccc(NC(=O)[C@@H](C)OC(=O)C2CCN(S(=O)(=O)c3ccccc3)CC2)cc1. The number of nitrogens with one attached hydrogen (secondary N) is 2. The second-order valence-corrected chi connectivity index (χ2v) is 9.76. The zero-order valence-electron chi connectivity index (χ0n) is 18.5. The number of benzene rings is 2. The Kier molecular flexibility index (Phi) is 7.83. The van der Waals surface area contributed by atoms with Gasteiger partial charge >= 0.3 is 5.97 Å². The molecule has 2 aromatic carbocycles. The van der Waals surface area contributed by atoms with Gasteiger partial charge in [0, 0.05) is 31.4 Å². The quantitative estimate of drug-likeness (QED) is 0.596. The Morgan fingerprint density at radius 2 is 1.48 bits per heavy atom. The van der Waals surface area contributed by atoms with Crippen LogP contribution in [0.4, 0.5) is 11.4 Å². The number of esters is 1. The number of amides is 2. The van der Waals surface area contributed by atoms with Crippen molar-refractivity contribution in [3.8, 4) is 0 Å². The molecule has 3 rings (SSSR count). The molecule has 0 aliphatic carbocycles. The molecule has 33 heavy (non-hydrogen) atoms. The van der Waals surface area contributed by atoms with Gasteiger partial charge in [0.1, 0.15) is 0 Å². The Morgan fingerprint density at radius 3 is 2.03 bits per heavy atom. The molecular formula is C23H27N3O6S. The van der Waals surface area contributed by atoms with E-state index in [1.54, 1.807) is 54.6 Å². The summed E-state index contributed by atoms with van der Waals surface area (Å²) in [6.07, 6.45) is -0.369. The van der Waals surface area contributed by atoms with Gasteiger partial charge in [-0.3, -0.25) is 14.4 Å². The van der Waals surface area contributed by atoms with Crippen LogP contribution in [0.3, 0.4) is 0 Å². The van der Waals surface area contributed by atoms with Gasteiger partial charge in [0.25, 0.3) is 5.91 Å². The normalized spacial score (nSPS) is 15.9. The number of carbonyl (C=O) groups is 3. The van der Waals surface area contributed by atoms with E-state index in [9.17, 15) is 22.8 Å². The zero-order valence-corrected chi connectivity index (χ0v) is 19.3. The molecule has 0 bridgehead atoms. The zero-order chi connectivity index (χ0) is 24.0. The van der Waals surface area contributed by atoms with Crippen molar-refractivity contribution in [2.45, 2.75) is 37.7 Å². The smallest absolute Gasteiger partial charge is 0.309 e. The second-order valence-electron chi connectivity index (χ2n) is 7.82. The lowest BCUT2D eigenvalue weighted by atomic mass is 9.98. The summed E-state index contributed by atoms with van der Waals surface area (Å²) >= 11 is 0. The van der Waals surface area contributed by atoms with Gasteiger partial charge in [-0.05, 0) is 56.2 Å². The first-order valence-electron chi connectivity index (χ1n) is 10.6. The van der Waals surface area contributed by atoms with Crippen molar-refractivity contribution in [2.24, 2.45) is 5.92 Å². The molecule has 0 radical (unpaired) electrons. The highest BCUT2D eigenvalue weighted by Crippen LogP contribution is 2.25. The molecule has 1 atom stereocenters. The average molecular weight is 474 g/mol. The van der Waals surface area contributed by atoms with Gasteiger partial charge in [-0.2, -0.15) is 4.31 Å². The van der Waals surface area contributed by atoms with Crippen LogP contribution in [-0.4, -0.2) is 49.7 Å². The molecule has 9 nitrogen and oxygen atoms in total. The van der Waals surface area contributed by atoms with Crippen LogP contribution in [0.25, 0.3) is 0 Å². The standard InChI is InChI=1S/C23H27N3O6S/c1-16(22(28)25-20-10-8-19(9-11-20)24-17(2)27)32-23(29)18-12-14-26(15-13-18)33(30,31)21-6-4-3-5-7-21/h3-11,16,18H,12-15H2,1-2H3,(H,24,27)(H,25,28)/t16-/m1/s1. The first-order chi connectivity index (χ1) is 15.7. The van der Waals surface area contributed by atoms with Crippen LogP contribution in [-0.2, 0) is 29.1 Å². The van der Waals surface area contributed by atoms with Crippen LogP contribution >= 0.6 is 0 Å². The molecule has 2 N–H and O–H groups in total. The van der Waals surface area contributed by atoms with Crippen molar-refractivity contribution in [3.63, 3.8) is 0 Å². The number of hydrogen-bond acceptors (Lipinski definition) is 6. The lowest BCUT2D eigenvalue weighted by Crippen LogP contribution is -2.41. The number of rotatable bonds is 7. The molecule has 2 amide bonds. The first kappa shape index (κ1) is 24.4. The van der Waals surface area contributed by atoms with Crippen LogP contribution in [0, 0.1) is 5.92 Å². The summed E-state index contributed by atoms with van der Waals surface area (Å²) in [5.41, 5.74) is 1.09. The maximum absolute atomic E-state index is 12.7. The number of carbonyl (C=O) groups excluding carboxylic acids is 3. The molecule has 0 saturated carbocycles. The van der Waals surface area contributed by atoms with Gasteiger partial charge in [-0.25, -0.2) is 8.42 Å². The largest absolute Gasteiger partial charge is 0.452 e. The van der Waals surface area contributed by atoms with Crippen molar-refractivity contribution in [2.75, 3.05) is 23.7 Å². The fourth-order valence-electron chi connectivity index (χ4n) is 3.48. The fraction of sp³-hybridized carbons (Fsp3) is 0.348. The van der Waals surface area contributed by atoms with Crippen molar-refractivity contribution < 1.29 is 27.5 Å². The Morgan fingerprint density at radius 1 is 0.939 bits per heavy atom. The number of nitrogens with zero attached hydrogens (tertiary/aromatic N) is 1. The number of piperidine rings is 1. The summed E-state index contributed by atoms with van der Waals surface area (Å²) in [6, 6.07) is 14.7. The third-order valence-corrected chi connectivity index (χ3v) is 7.22. The van der Waals surface area contributed by atoms with Crippen molar-refractivity contribution >= 4 is 39.2 Å². The van der Waals surface area contributed by atoms with Crippen molar-refractivity contribution in [1.29, 1.82) is 0 Å². The van der Waals surface area contributed by atoms with Crippen molar-refractivity contribution in [1.82, 2.24) is 4.31 Å². The van der Waals surface area contributed by atoms with Gasteiger partial charge in [0.2, 0.25) is 15.9 Å². The molecule has 0 spiro atoms.